The summed E-state index contributed by atoms with van der Waals surface area (Å²) in [5, 5.41) is 4.39. The quantitative estimate of drug-likeness (QED) is 0.842. The van der Waals surface area contributed by atoms with Crippen LogP contribution in [0.3, 0.4) is 0 Å². The Bertz CT molecular complexity index is 478. The number of carbonyl (C=O) groups is 1. The van der Waals surface area contributed by atoms with Gasteiger partial charge in [-0.05, 0) is 41.6 Å². The molecular weight excluding hydrogens is 304 g/mol. The van der Waals surface area contributed by atoms with Crippen LogP contribution in [0.2, 0.25) is 0 Å². The van der Waals surface area contributed by atoms with Crippen LogP contribution in [0.15, 0.2) is 10.7 Å². The van der Waals surface area contributed by atoms with E-state index in [0.29, 0.717) is 11.7 Å². The van der Waals surface area contributed by atoms with E-state index in [4.69, 9.17) is 0 Å². The van der Waals surface area contributed by atoms with Crippen molar-refractivity contribution in [2.24, 2.45) is 11.8 Å². The fraction of sp³-hybridized carbons (Fsp3) is 0.733. The molecule has 1 aromatic heterocycles. The number of hydrogen-bond donors (Lipinski definition) is 0. The first kappa shape index (κ1) is 14.8. The molecule has 0 aromatic carbocycles. The molecule has 4 heteroatoms. The van der Waals surface area contributed by atoms with E-state index in [1.807, 2.05) is 10.9 Å². The third kappa shape index (κ3) is 2.64. The Morgan fingerprint density at radius 3 is 2.74 bits per heavy atom. The van der Waals surface area contributed by atoms with Crippen molar-refractivity contribution in [1.29, 1.82) is 0 Å². The fourth-order valence-electron chi connectivity index (χ4n) is 3.37. The van der Waals surface area contributed by atoms with Crippen LogP contribution >= 0.6 is 15.9 Å². The highest BCUT2D eigenvalue weighted by Crippen LogP contribution is 2.42. The molecule has 1 fully saturated rings. The Balaban J connectivity index is 2.36. The average molecular weight is 327 g/mol. The predicted molar refractivity (Wildman–Crippen MR) is 80.1 cm³/mol. The van der Waals surface area contributed by atoms with Gasteiger partial charge in [-0.15, -0.1) is 0 Å². The van der Waals surface area contributed by atoms with Gasteiger partial charge < -0.3 is 0 Å². The lowest BCUT2D eigenvalue weighted by Crippen LogP contribution is -2.40. The normalized spacial score (nSPS) is 24.8. The van der Waals surface area contributed by atoms with Gasteiger partial charge in [-0.3, -0.25) is 9.48 Å². The van der Waals surface area contributed by atoms with E-state index in [1.165, 1.54) is 0 Å². The van der Waals surface area contributed by atoms with Gasteiger partial charge in [0.2, 0.25) is 0 Å². The largest absolute Gasteiger partial charge is 0.299 e. The fourth-order valence-corrected chi connectivity index (χ4v) is 4.18. The minimum atomic E-state index is -0.164. The summed E-state index contributed by atoms with van der Waals surface area (Å²) in [6.07, 6.45) is 4.72. The molecule has 3 nitrogen and oxygen atoms in total. The van der Waals surface area contributed by atoms with Gasteiger partial charge in [0, 0.05) is 24.3 Å². The molecule has 0 bridgehead atoms. The van der Waals surface area contributed by atoms with E-state index >= 15 is 0 Å². The summed E-state index contributed by atoms with van der Waals surface area (Å²) < 4.78 is 3.03. The lowest BCUT2D eigenvalue weighted by molar-refractivity contribution is -0.128. The Kier molecular flexibility index (Phi) is 4.19. The number of carbonyl (C=O) groups excluding carboxylic acids is 1. The van der Waals surface area contributed by atoms with Gasteiger partial charge in [0.25, 0.3) is 0 Å². The zero-order chi connectivity index (χ0) is 14.2. The lowest BCUT2D eigenvalue weighted by Gasteiger charge is -2.38. The number of aromatic nitrogens is 2. The first-order chi connectivity index (χ1) is 8.87. The summed E-state index contributed by atoms with van der Waals surface area (Å²) in [6, 6.07) is 0. The first-order valence-corrected chi connectivity index (χ1v) is 7.91. The Morgan fingerprint density at radius 1 is 1.47 bits per heavy atom. The van der Waals surface area contributed by atoms with Crippen LogP contribution in [0.4, 0.5) is 0 Å². The van der Waals surface area contributed by atoms with Crippen molar-refractivity contribution < 1.29 is 4.79 Å². The van der Waals surface area contributed by atoms with Gasteiger partial charge >= 0.3 is 0 Å². The Hall–Kier alpha value is -0.640. The van der Waals surface area contributed by atoms with E-state index in [2.05, 4.69) is 48.7 Å². The van der Waals surface area contributed by atoms with Crippen molar-refractivity contribution in [2.75, 3.05) is 0 Å². The molecule has 1 aliphatic rings. The molecule has 2 unspecified atom stereocenters. The highest BCUT2D eigenvalue weighted by atomic mass is 79.9. The van der Waals surface area contributed by atoms with Gasteiger partial charge in [-0.2, -0.15) is 5.10 Å². The molecule has 2 rings (SSSR count). The summed E-state index contributed by atoms with van der Waals surface area (Å²) in [4.78, 5) is 12.4. The summed E-state index contributed by atoms with van der Waals surface area (Å²) in [5.41, 5.74) is 0.991. The molecule has 106 valence electrons. The van der Waals surface area contributed by atoms with E-state index in [9.17, 15) is 4.79 Å². The highest BCUT2D eigenvalue weighted by molar-refractivity contribution is 9.10. The maximum absolute atomic E-state index is 12.4. The van der Waals surface area contributed by atoms with Crippen LogP contribution in [0.5, 0.6) is 0 Å². The summed E-state index contributed by atoms with van der Waals surface area (Å²) >= 11 is 3.60. The molecule has 1 aromatic rings. The van der Waals surface area contributed by atoms with Crippen molar-refractivity contribution in [2.45, 2.75) is 58.9 Å². The maximum atomic E-state index is 12.4. The van der Waals surface area contributed by atoms with Crippen molar-refractivity contribution in [3.05, 3.63) is 16.4 Å². The standard InChI is InChI=1S/C15H23BrN2O/c1-5-18-14(12(16)9-17-18)15(3,4)11-7-6-10(2)8-13(11)19/h9-11H,5-8H2,1-4H3. The van der Waals surface area contributed by atoms with Crippen LogP contribution < -0.4 is 0 Å². The number of aryl methyl sites for hydroxylation is 1. The van der Waals surface area contributed by atoms with Crippen molar-refractivity contribution in [3.63, 3.8) is 0 Å². The minimum absolute atomic E-state index is 0.113. The summed E-state index contributed by atoms with van der Waals surface area (Å²) in [7, 11) is 0. The lowest BCUT2D eigenvalue weighted by atomic mass is 9.67. The molecule has 0 spiro atoms. The number of rotatable bonds is 3. The highest BCUT2D eigenvalue weighted by Gasteiger charge is 2.41. The van der Waals surface area contributed by atoms with Crippen molar-refractivity contribution in [1.82, 2.24) is 9.78 Å². The molecular formula is C15H23BrN2O. The van der Waals surface area contributed by atoms with E-state index < -0.39 is 0 Å². The van der Waals surface area contributed by atoms with Gasteiger partial charge in [0.15, 0.2) is 0 Å². The third-order valence-electron chi connectivity index (χ3n) is 4.46. The Morgan fingerprint density at radius 2 is 2.16 bits per heavy atom. The van der Waals surface area contributed by atoms with Crippen LogP contribution in [-0.2, 0) is 16.8 Å². The third-order valence-corrected chi connectivity index (χ3v) is 5.04. The smallest absolute Gasteiger partial charge is 0.137 e. The minimum Gasteiger partial charge on any atom is -0.299 e. The zero-order valence-corrected chi connectivity index (χ0v) is 13.8. The number of hydrogen-bond acceptors (Lipinski definition) is 2. The van der Waals surface area contributed by atoms with Crippen LogP contribution in [0.1, 0.15) is 52.7 Å². The number of Topliss-reactive ketones (excluding diaryl/α,β-unsaturated/α-hetero) is 1. The van der Waals surface area contributed by atoms with Crippen molar-refractivity contribution in [3.8, 4) is 0 Å². The SMILES string of the molecule is CCn1ncc(Br)c1C(C)(C)C1CCC(C)CC1=O. The topological polar surface area (TPSA) is 34.9 Å². The molecule has 1 saturated carbocycles. The second-order valence-corrected chi connectivity index (χ2v) is 7.14. The Labute approximate surface area is 123 Å². The molecule has 1 aliphatic carbocycles. The monoisotopic (exact) mass is 326 g/mol. The number of nitrogens with zero attached hydrogens (tertiary/aromatic N) is 2. The first-order valence-electron chi connectivity index (χ1n) is 7.12. The van der Waals surface area contributed by atoms with E-state index in [-0.39, 0.29) is 11.3 Å². The maximum Gasteiger partial charge on any atom is 0.137 e. The predicted octanol–water partition coefficient (Wildman–Crippen LogP) is 3.95. The van der Waals surface area contributed by atoms with Gasteiger partial charge in [-0.25, -0.2) is 0 Å². The summed E-state index contributed by atoms with van der Waals surface area (Å²) in [6.45, 7) is 9.46. The number of halogens is 1. The second-order valence-electron chi connectivity index (χ2n) is 6.28. The van der Waals surface area contributed by atoms with Gasteiger partial charge in [0.05, 0.1) is 16.4 Å². The molecule has 1 heterocycles. The summed E-state index contributed by atoms with van der Waals surface area (Å²) in [5.74, 6) is 1.07. The molecule has 0 N–H and O–H groups in total. The van der Waals surface area contributed by atoms with Gasteiger partial charge in [0.1, 0.15) is 5.78 Å². The average Bonchev–Trinajstić information content (AvgIpc) is 2.70. The molecule has 2 atom stereocenters. The molecule has 0 radical (unpaired) electrons. The second kappa shape index (κ2) is 5.39. The molecule has 0 saturated heterocycles. The van der Waals surface area contributed by atoms with Gasteiger partial charge in [-0.1, -0.05) is 20.8 Å². The number of ketones is 1. The van der Waals surface area contributed by atoms with Crippen molar-refractivity contribution >= 4 is 21.7 Å². The van der Waals surface area contributed by atoms with Crippen LogP contribution in [0, 0.1) is 11.8 Å². The molecule has 0 amide bonds. The molecule has 0 aliphatic heterocycles. The zero-order valence-electron chi connectivity index (χ0n) is 12.2. The van der Waals surface area contributed by atoms with E-state index in [0.717, 1.165) is 36.0 Å². The van der Waals surface area contributed by atoms with Crippen LogP contribution in [0.25, 0.3) is 0 Å². The molecule has 19 heavy (non-hydrogen) atoms. The van der Waals surface area contributed by atoms with E-state index in [1.54, 1.807) is 0 Å². The van der Waals surface area contributed by atoms with Crippen LogP contribution in [-0.4, -0.2) is 15.6 Å².